The molecule has 27 heavy (non-hydrogen) atoms. The number of anilines is 1. The predicted molar refractivity (Wildman–Crippen MR) is 106 cm³/mol. The summed E-state index contributed by atoms with van der Waals surface area (Å²) in [5.74, 6) is 1.04. The highest BCUT2D eigenvalue weighted by atomic mass is 79.9. The van der Waals surface area contributed by atoms with Crippen LogP contribution >= 0.6 is 15.9 Å². The summed E-state index contributed by atoms with van der Waals surface area (Å²) in [5.41, 5.74) is 1.51. The summed E-state index contributed by atoms with van der Waals surface area (Å²) in [4.78, 5) is 13.4. The Morgan fingerprint density at radius 2 is 1.96 bits per heavy atom. The molecule has 0 unspecified atom stereocenters. The summed E-state index contributed by atoms with van der Waals surface area (Å²) < 4.78 is 6.45. The summed E-state index contributed by atoms with van der Waals surface area (Å²) in [6.45, 7) is 2.81. The average Bonchev–Trinajstić information content (AvgIpc) is 3.13. The Labute approximate surface area is 165 Å². The second-order valence-corrected chi connectivity index (χ2v) is 6.75. The Bertz CT molecular complexity index is 895. The van der Waals surface area contributed by atoms with Gasteiger partial charge in [0.1, 0.15) is 12.3 Å². The molecule has 2 aromatic carbocycles. The SMILES string of the molecule is CCCCOc1ccc(-c2nnn(CC(=O)Nc3ccccc3Br)n2)cc1. The molecule has 0 radical (unpaired) electrons. The highest BCUT2D eigenvalue weighted by molar-refractivity contribution is 9.10. The van der Waals surface area contributed by atoms with Crippen molar-refractivity contribution < 1.29 is 9.53 Å². The second-order valence-electron chi connectivity index (χ2n) is 5.90. The first-order chi connectivity index (χ1) is 13.2. The van der Waals surface area contributed by atoms with Gasteiger partial charge in [0.2, 0.25) is 11.7 Å². The molecule has 7 nitrogen and oxygen atoms in total. The van der Waals surface area contributed by atoms with Gasteiger partial charge in [0.05, 0.1) is 12.3 Å². The van der Waals surface area contributed by atoms with Gasteiger partial charge in [0, 0.05) is 10.0 Å². The number of unbranched alkanes of at least 4 members (excludes halogenated alkanes) is 1. The minimum absolute atomic E-state index is 0.0213. The minimum atomic E-state index is -0.231. The van der Waals surface area contributed by atoms with E-state index in [2.05, 4.69) is 43.6 Å². The first-order valence-corrected chi connectivity index (χ1v) is 9.50. The zero-order valence-electron chi connectivity index (χ0n) is 14.9. The molecule has 0 atom stereocenters. The van der Waals surface area contributed by atoms with Crippen LogP contribution in [0.4, 0.5) is 5.69 Å². The molecule has 1 aromatic heterocycles. The molecular weight excluding hydrogens is 410 g/mol. The van der Waals surface area contributed by atoms with Crippen LogP contribution in [0.5, 0.6) is 5.75 Å². The number of benzene rings is 2. The Balaban J connectivity index is 1.59. The maximum atomic E-state index is 12.2. The van der Waals surface area contributed by atoms with Crippen LogP contribution in [-0.4, -0.2) is 32.7 Å². The molecule has 1 amide bonds. The first-order valence-electron chi connectivity index (χ1n) is 8.71. The van der Waals surface area contributed by atoms with Crippen LogP contribution in [0.2, 0.25) is 0 Å². The lowest BCUT2D eigenvalue weighted by molar-refractivity contribution is -0.117. The lowest BCUT2D eigenvalue weighted by atomic mass is 10.2. The van der Waals surface area contributed by atoms with E-state index >= 15 is 0 Å². The van der Waals surface area contributed by atoms with Crippen molar-refractivity contribution in [1.29, 1.82) is 0 Å². The van der Waals surface area contributed by atoms with Gasteiger partial charge < -0.3 is 10.1 Å². The van der Waals surface area contributed by atoms with Crippen molar-refractivity contribution in [1.82, 2.24) is 20.2 Å². The largest absolute Gasteiger partial charge is 0.494 e. The third-order valence-corrected chi connectivity index (χ3v) is 4.46. The molecule has 0 saturated heterocycles. The van der Waals surface area contributed by atoms with E-state index in [1.54, 1.807) is 0 Å². The van der Waals surface area contributed by atoms with Crippen molar-refractivity contribution in [3.05, 3.63) is 53.0 Å². The molecule has 0 aliphatic carbocycles. The van der Waals surface area contributed by atoms with E-state index < -0.39 is 0 Å². The number of carbonyl (C=O) groups excluding carboxylic acids is 1. The standard InChI is InChI=1S/C19H20BrN5O2/c1-2-3-12-27-15-10-8-14(9-11-15)19-22-24-25(23-19)13-18(26)21-17-7-5-4-6-16(17)20/h4-11H,2-3,12-13H2,1H3,(H,21,26). The maximum absolute atomic E-state index is 12.2. The third-order valence-electron chi connectivity index (χ3n) is 3.76. The molecule has 1 N–H and O–H groups in total. The topological polar surface area (TPSA) is 81.9 Å². The lowest BCUT2D eigenvalue weighted by Crippen LogP contribution is -2.20. The van der Waals surface area contributed by atoms with E-state index in [0.29, 0.717) is 18.1 Å². The smallest absolute Gasteiger partial charge is 0.248 e. The van der Waals surface area contributed by atoms with Gasteiger partial charge in [0.15, 0.2) is 0 Å². The van der Waals surface area contributed by atoms with Gasteiger partial charge in [-0.1, -0.05) is 25.5 Å². The number of nitrogens with one attached hydrogen (secondary N) is 1. The summed E-state index contributed by atoms with van der Waals surface area (Å²) in [7, 11) is 0. The Morgan fingerprint density at radius 3 is 2.70 bits per heavy atom. The molecule has 1 heterocycles. The summed E-state index contributed by atoms with van der Waals surface area (Å²) in [6, 6.07) is 14.9. The normalized spacial score (nSPS) is 10.6. The van der Waals surface area contributed by atoms with Gasteiger partial charge in [-0.05, 0) is 64.0 Å². The van der Waals surface area contributed by atoms with Crippen LogP contribution in [-0.2, 0) is 11.3 Å². The van der Waals surface area contributed by atoms with Crippen molar-refractivity contribution in [2.75, 3.05) is 11.9 Å². The van der Waals surface area contributed by atoms with Crippen LogP contribution < -0.4 is 10.1 Å². The number of rotatable bonds is 8. The van der Waals surface area contributed by atoms with Crippen molar-refractivity contribution in [3.63, 3.8) is 0 Å². The number of carbonyl (C=O) groups is 1. The summed E-state index contributed by atoms with van der Waals surface area (Å²) in [6.07, 6.45) is 2.12. The molecule has 0 saturated carbocycles. The Hall–Kier alpha value is -2.74. The van der Waals surface area contributed by atoms with Crippen LogP contribution in [0.15, 0.2) is 53.0 Å². The Morgan fingerprint density at radius 1 is 1.19 bits per heavy atom. The number of aromatic nitrogens is 4. The fourth-order valence-corrected chi connectivity index (χ4v) is 2.73. The fraction of sp³-hybridized carbons (Fsp3) is 0.263. The van der Waals surface area contributed by atoms with Gasteiger partial charge in [-0.25, -0.2) is 0 Å². The van der Waals surface area contributed by atoms with Gasteiger partial charge in [-0.2, -0.15) is 4.80 Å². The van der Waals surface area contributed by atoms with Gasteiger partial charge >= 0.3 is 0 Å². The van der Waals surface area contributed by atoms with Crippen molar-refractivity contribution in [2.24, 2.45) is 0 Å². The lowest BCUT2D eigenvalue weighted by Gasteiger charge is -2.06. The molecule has 8 heteroatoms. The number of amides is 1. The van der Waals surface area contributed by atoms with E-state index in [-0.39, 0.29) is 12.5 Å². The zero-order valence-corrected chi connectivity index (χ0v) is 16.5. The van der Waals surface area contributed by atoms with E-state index in [4.69, 9.17) is 4.74 Å². The van der Waals surface area contributed by atoms with Crippen LogP contribution in [0.25, 0.3) is 11.4 Å². The minimum Gasteiger partial charge on any atom is -0.494 e. The Kier molecular flexibility index (Phi) is 6.54. The summed E-state index contributed by atoms with van der Waals surface area (Å²) in [5, 5.41) is 15.1. The second kappa shape index (κ2) is 9.27. The highest BCUT2D eigenvalue weighted by Gasteiger charge is 2.11. The van der Waals surface area contributed by atoms with Gasteiger partial charge in [0.25, 0.3) is 0 Å². The monoisotopic (exact) mass is 429 g/mol. The number of nitrogens with zero attached hydrogens (tertiary/aromatic N) is 4. The zero-order chi connectivity index (χ0) is 19.1. The van der Waals surface area contributed by atoms with Gasteiger partial charge in [-0.15, -0.1) is 10.2 Å². The fourth-order valence-electron chi connectivity index (χ4n) is 2.34. The van der Waals surface area contributed by atoms with Crippen molar-refractivity contribution in [3.8, 4) is 17.1 Å². The molecule has 140 valence electrons. The highest BCUT2D eigenvalue weighted by Crippen LogP contribution is 2.21. The number of para-hydroxylation sites is 1. The molecule has 0 spiro atoms. The predicted octanol–water partition coefficient (Wildman–Crippen LogP) is 3.92. The van der Waals surface area contributed by atoms with Gasteiger partial charge in [-0.3, -0.25) is 4.79 Å². The molecule has 0 aliphatic heterocycles. The molecule has 3 rings (SSSR count). The number of hydrogen-bond donors (Lipinski definition) is 1. The summed E-state index contributed by atoms with van der Waals surface area (Å²) >= 11 is 3.40. The van der Waals surface area contributed by atoms with Crippen molar-refractivity contribution >= 4 is 27.5 Å². The molecule has 0 bridgehead atoms. The molecule has 3 aromatic rings. The van der Waals surface area contributed by atoms with Crippen LogP contribution in [0.3, 0.4) is 0 Å². The quantitative estimate of drug-likeness (QED) is 0.548. The molecule has 0 aliphatic rings. The first kappa shape index (κ1) is 19.0. The number of hydrogen-bond acceptors (Lipinski definition) is 5. The third kappa shape index (κ3) is 5.37. The van der Waals surface area contributed by atoms with E-state index in [1.807, 2.05) is 48.5 Å². The van der Waals surface area contributed by atoms with E-state index in [0.717, 1.165) is 28.6 Å². The number of tetrazole rings is 1. The van der Waals surface area contributed by atoms with Crippen molar-refractivity contribution in [2.45, 2.75) is 26.3 Å². The maximum Gasteiger partial charge on any atom is 0.248 e. The van der Waals surface area contributed by atoms with E-state index in [1.165, 1.54) is 4.80 Å². The molecular formula is C19H20BrN5O2. The molecule has 0 fully saturated rings. The van der Waals surface area contributed by atoms with E-state index in [9.17, 15) is 4.79 Å². The van der Waals surface area contributed by atoms with Crippen LogP contribution in [0.1, 0.15) is 19.8 Å². The number of halogens is 1. The number of ether oxygens (including phenoxy) is 1. The van der Waals surface area contributed by atoms with Crippen LogP contribution in [0, 0.1) is 0 Å². The average molecular weight is 430 g/mol.